The molecule has 0 atom stereocenters. The number of carboxylic acids is 1. The van der Waals surface area contributed by atoms with Gasteiger partial charge < -0.3 is 5.11 Å². The highest BCUT2D eigenvalue weighted by atomic mass is 32.2. The van der Waals surface area contributed by atoms with Gasteiger partial charge in [0.05, 0.1) is 22.9 Å². The first-order valence-electron chi connectivity index (χ1n) is 6.34. The van der Waals surface area contributed by atoms with Gasteiger partial charge in [0.1, 0.15) is 0 Å². The van der Waals surface area contributed by atoms with Gasteiger partial charge in [0, 0.05) is 12.1 Å². The number of carbonyl (C=O) groups is 1. The first kappa shape index (κ1) is 17.1. The molecule has 0 aliphatic rings. The van der Waals surface area contributed by atoms with Gasteiger partial charge in [-0.05, 0) is 45.0 Å². The first-order chi connectivity index (χ1) is 9.59. The summed E-state index contributed by atoms with van der Waals surface area (Å²) in [5, 5.41) is 17.5. The van der Waals surface area contributed by atoms with Crippen molar-refractivity contribution in [2.24, 2.45) is 0 Å². The molecule has 0 bridgehead atoms. The normalized spacial score (nSPS) is 12.1. The topological polar surface area (TPSA) is 98.5 Å². The Hall–Kier alpha value is -1.91. The van der Waals surface area contributed by atoms with E-state index in [0.717, 1.165) is 4.31 Å². The molecule has 0 radical (unpaired) electrons. The first-order valence-corrected chi connectivity index (χ1v) is 7.78. The molecule has 0 saturated carbocycles. The number of hydrogen-bond acceptors (Lipinski definition) is 4. The number of rotatable bonds is 5. The number of sulfonamides is 1. The number of aliphatic carboxylic acids is 1. The highest BCUT2D eigenvalue weighted by Gasteiger charge is 2.34. The van der Waals surface area contributed by atoms with Crippen LogP contribution in [0.3, 0.4) is 0 Å². The molecular formula is C14H18N2O4S. The second kappa shape index (κ2) is 6.24. The Morgan fingerprint density at radius 1 is 1.29 bits per heavy atom. The lowest BCUT2D eigenvalue weighted by Gasteiger charge is -2.34. The number of carboxylic acid groups (broad SMARTS) is 1. The van der Waals surface area contributed by atoms with E-state index in [0.29, 0.717) is 5.56 Å². The quantitative estimate of drug-likeness (QED) is 0.894. The molecule has 1 aromatic carbocycles. The lowest BCUT2D eigenvalue weighted by Crippen LogP contribution is -2.46. The van der Waals surface area contributed by atoms with E-state index in [1.54, 1.807) is 20.8 Å². The summed E-state index contributed by atoms with van der Waals surface area (Å²) in [5.74, 6) is -1.06. The monoisotopic (exact) mass is 310 g/mol. The Balaban J connectivity index is 3.20. The van der Waals surface area contributed by atoms with Crippen molar-refractivity contribution in [2.75, 3.05) is 6.54 Å². The van der Waals surface area contributed by atoms with Gasteiger partial charge in [-0.2, -0.15) is 9.57 Å². The van der Waals surface area contributed by atoms with Crippen LogP contribution in [0.4, 0.5) is 0 Å². The van der Waals surface area contributed by atoms with Crippen LogP contribution < -0.4 is 0 Å². The molecule has 1 N–H and O–H groups in total. The van der Waals surface area contributed by atoms with E-state index < -0.39 is 21.5 Å². The third-order valence-electron chi connectivity index (χ3n) is 2.85. The molecule has 6 nitrogen and oxygen atoms in total. The number of benzene rings is 1. The average Bonchev–Trinajstić information content (AvgIpc) is 2.36. The summed E-state index contributed by atoms with van der Waals surface area (Å²) in [6, 6.07) is 7.47. The highest BCUT2D eigenvalue weighted by Crippen LogP contribution is 2.24. The molecule has 0 amide bonds. The summed E-state index contributed by atoms with van der Waals surface area (Å²) in [6.45, 7) is 5.00. The Bertz CT molecular complexity index is 652. The van der Waals surface area contributed by atoms with E-state index in [2.05, 4.69) is 0 Å². The Kier molecular flexibility index (Phi) is 5.10. The van der Waals surface area contributed by atoms with Crippen molar-refractivity contribution in [3.63, 3.8) is 0 Å². The lowest BCUT2D eigenvalue weighted by atomic mass is 10.1. The minimum Gasteiger partial charge on any atom is -0.481 e. The summed E-state index contributed by atoms with van der Waals surface area (Å²) in [6.07, 6.45) is -0.271. The number of hydrogen-bond donors (Lipinski definition) is 1. The zero-order valence-corrected chi connectivity index (χ0v) is 13.0. The van der Waals surface area contributed by atoms with Crippen molar-refractivity contribution in [3.8, 4) is 6.07 Å². The predicted molar refractivity (Wildman–Crippen MR) is 77.1 cm³/mol. The predicted octanol–water partition coefficient (Wildman–Crippen LogP) is 1.82. The van der Waals surface area contributed by atoms with E-state index in [1.807, 2.05) is 6.07 Å². The van der Waals surface area contributed by atoms with Crippen molar-refractivity contribution in [1.82, 2.24) is 4.31 Å². The second-order valence-corrected chi connectivity index (χ2v) is 7.39. The molecule has 21 heavy (non-hydrogen) atoms. The maximum absolute atomic E-state index is 12.6. The molecule has 0 heterocycles. The number of nitrogens with zero attached hydrogens (tertiary/aromatic N) is 2. The Labute approximate surface area is 124 Å². The smallest absolute Gasteiger partial charge is 0.304 e. The molecule has 0 aliphatic carbocycles. The average molecular weight is 310 g/mol. The van der Waals surface area contributed by atoms with E-state index in [9.17, 15) is 13.2 Å². The van der Waals surface area contributed by atoms with Gasteiger partial charge in [-0.1, -0.05) is 0 Å². The minimum absolute atomic E-state index is 0.0433. The summed E-state index contributed by atoms with van der Waals surface area (Å²) in [4.78, 5) is 10.8. The fourth-order valence-electron chi connectivity index (χ4n) is 1.84. The lowest BCUT2D eigenvalue weighted by molar-refractivity contribution is -0.137. The summed E-state index contributed by atoms with van der Waals surface area (Å²) in [5.41, 5.74) is -0.385. The van der Waals surface area contributed by atoms with Crippen LogP contribution in [-0.2, 0) is 14.8 Å². The van der Waals surface area contributed by atoms with E-state index in [-0.39, 0.29) is 17.9 Å². The van der Waals surface area contributed by atoms with Crippen molar-refractivity contribution >= 4 is 16.0 Å². The molecule has 0 spiro atoms. The molecule has 0 fully saturated rings. The third kappa shape index (κ3) is 4.28. The van der Waals surface area contributed by atoms with Crippen LogP contribution in [0.5, 0.6) is 0 Å². The molecule has 0 aromatic heterocycles. The largest absolute Gasteiger partial charge is 0.481 e. The van der Waals surface area contributed by atoms with Gasteiger partial charge in [0.25, 0.3) is 0 Å². The van der Waals surface area contributed by atoms with Crippen LogP contribution in [0.1, 0.15) is 32.8 Å². The van der Waals surface area contributed by atoms with Gasteiger partial charge in [-0.15, -0.1) is 0 Å². The summed E-state index contributed by atoms with van der Waals surface area (Å²) in [7, 11) is -3.82. The van der Waals surface area contributed by atoms with E-state index in [4.69, 9.17) is 10.4 Å². The van der Waals surface area contributed by atoms with Crippen molar-refractivity contribution in [3.05, 3.63) is 29.8 Å². The van der Waals surface area contributed by atoms with Crippen LogP contribution >= 0.6 is 0 Å². The molecule has 0 unspecified atom stereocenters. The van der Waals surface area contributed by atoms with Crippen LogP contribution in [0, 0.1) is 11.3 Å². The van der Waals surface area contributed by atoms with Gasteiger partial charge in [0.15, 0.2) is 0 Å². The van der Waals surface area contributed by atoms with Gasteiger partial charge in [0.2, 0.25) is 10.0 Å². The van der Waals surface area contributed by atoms with E-state index in [1.165, 1.54) is 24.3 Å². The molecule has 7 heteroatoms. The zero-order chi connectivity index (χ0) is 16.3. The molecule has 0 aliphatic heterocycles. The highest BCUT2D eigenvalue weighted by molar-refractivity contribution is 7.89. The van der Waals surface area contributed by atoms with Crippen LogP contribution in [-0.4, -0.2) is 35.9 Å². The standard InChI is InChI=1S/C14H18N2O4S/c1-14(2,3)16(9-8-13(17)18)21(19,20)12-6-4-11(10-15)5-7-12/h4-7H,8-9H2,1-3H3,(H,17,18). The second-order valence-electron chi connectivity index (χ2n) is 5.53. The van der Waals surface area contributed by atoms with E-state index >= 15 is 0 Å². The van der Waals surface area contributed by atoms with Crippen LogP contribution in [0.2, 0.25) is 0 Å². The van der Waals surface area contributed by atoms with Crippen molar-refractivity contribution < 1.29 is 18.3 Å². The van der Waals surface area contributed by atoms with Crippen LogP contribution in [0.15, 0.2) is 29.2 Å². The molecular weight excluding hydrogens is 292 g/mol. The van der Waals surface area contributed by atoms with Crippen LogP contribution in [0.25, 0.3) is 0 Å². The Morgan fingerprint density at radius 2 is 1.81 bits per heavy atom. The van der Waals surface area contributed by atoms with Crippen molar-refractivity contribution in [2.45, 2.75) is 37.6 Å². The molecule has 1 rings (SSSR count). The fourth-order valence-corrected chi connectivity index (χ4v) is 3.63. The van der Waals surface area contributed by atoms with Crippen molar-refractivity contribution in [1.29, 1.82) is 5.26 Å². The van der Waals surface area contributed by atoms with Gasteiger partial charge in [-0.25, -0.2) is 8.42 Å². The molecule has 114 valence electrons. The number of nitriles is 1. The third-order valence-corrected chi connectivity index (χ3v) is 5.03. The Morgan fingerprint density at radius 3 is 2.19 bits per heavy atom. The SMILES string of the molecule is CC(C)(C)N(CCC(=O)O)S(=O)(=O)c1ccc(C#N)cc1. The maximum atomic E-state index is 12.6. The zero-order valence-electron chi connectivity index (χ0n) is 12.2. The molecule has 1 aromatic rings. The maximum Gasteiger partial charge on any atom is 0.304 e. The van der Waals surface area contributed by atoms with Gasteiger partial charge >= 0.3 is 5.97 Å². The fraction of sp³-hybridized carbons (Fsp3) is 0.429. The van der Waals surface area contributed by atoms with Gasteiger partial charge in [-0.3, -0.25) is 4.79 Å². The minimum atomic E-state index is -3.82. The summed E-state index contributed by atoms with van der Waals surface area (Å²) >= 11 is 0. The summed E-state index contributed by atoms with van der Waals surface area (Å²) < 4.78 is 26.4. The molecule has 0 saturated heterocycles.